The molecule has 1 aromatic rings. The van der Waals surface area contributed by atoms with Gasteiger partial charge in [-0.2, -0.15) is 11.8 Å². The van der Waals surface area contributed by atoms with Gasteiger partial charge in [-0.15, -0.1) is 0 Å². The number of carboxylic acids is 1. The second-order valence-electron chi connectivity index (χ2n) is 4.67. The molecule has 0 spiro atoms. The zero-order valence-electron chi connectivity index (χ0n) is 11.9. The average molecular weight is 331 g/mol. The molecule has 0 aromatic heterocycles. The van der Waals surface area contributed by atoms with Crippen molar-refractivity contribution in [3.63, 3.8) is 0 Å². The Morgan fingerprint density at radius 3 is 2.43 bits per heavy atom. The molecule has 21 heavy (non-hydrogen) atoms. The van der Waals surface area contributed by atoms with Crippen LogP contribution in [0.2, 0.25) is 0 Å². The van der Waals surface area contributed by atoms with Gasteiger partial charge < -0.3 is 10.4 Å². The van der Waals surface area contributed by atoms with E-state index in [1.54, 1.807) is 6.92 Å². The zero-order valence-corrected chi connectivity index (χ0v) is 13.5. The van der Waals surface area contributed by atoms with Gasteiger partial charge in [0.15, 0.2) is 9.84 Å². The summed E-state index contributed by atoms with van der Waals surface area (Å²) in [4.78, 5) is 22.8. The van der Waals surface area contributed by atoms with E-state index in [1.165, 1.54) is 23.9 Å². The van der Waals surface area contributed by atoms with Gasteiger partial charge in [0.2, 0.25) is 5.91 Å². The van der Waals surface area contributed by atoms with Crippen molar-refractivity contribution >= 4 is 39.2 Å². The monoisotopic (exact) mass is 331 g/mol. The number of anilines is 1. The molecule has 0 aliphatic rings. The average Bonchev–Trinajstić information content (AvgIpc) is 2.37. The van der Waals surface area contributed by atoms with Crippen LogP contribution in [0.1, 0.15) is 17.3 Å². The Morgan fingerprint density at radius 1 is 1.33 bits per heavy atom. The maximum absolute atomic E-state index is 11.9. The van der Waals surface area contributed by atoms with Crippen LogP contribution in [-0.2, 0) is 14.6 Å². The topological polar surface area (TPSA) is 101 Å². The Labute approximate surface area is 127 Å². The van der Waals surface area contributed by atoms with Crippen molar-refractivity contribution in [1.82, 2.24) is 0 Å². The summed E-state index contributed by atoms with van der Waals surface area (Å²) in [7, 11) is -3.57. The SMILES string of the molecule is CSCC(C)C(=O)Nc1cc(C(=O)O)cc(S(C)(=O)=O)c1. The molecular weight excluding hydrogens is 314 g/mol. The third-order valence-corrected chi connectivity index (χ3v) is 4.64. The molecule has 0 radical (unpaired) electrons. The van der Waals surface area contributed by atoms with Gasteiger partial charge in [0.1, 0.15) is 0 Å². The molecule has 1 unspecified atom stereocenters. The molecule has 0 saturated heterocycles. The fourth-order valence-electron chi connectivity index (χ4n) is 1.60. The van der Waals surface area contributed by atoms with Crippen molar-refractivity contribution in [1.29, 1.82) is 0 Å². The Hall–Kier alpha value is -1.54. The number of hydrogen-bond acceptors (Lipinski definition) is 5. The van der Waals surface area contributed by atoms with E-state index in [4.69, 9.17) is 5.11 Å². The minimum Gasteiger partial charge on any atom is -0.478 e. The summed E-state index contributed by atoms with van der Waals surface area (Å²) in [6.07, 6.45) is 2.85. The van der Waals surface area contributed by atoms with E-state index in [9.17, 15) is 18.0 Å². The van der Waals surface area contributed by atoms with Crippen LogP contribution in [0.4, 0.5) is 5.69 Å². The molecule has 8 heteroatoms. The highest BCUT2D eigenvalue weighted by Crippen LogP contribution is 2.20. The Bertz CT molecular complexity index is 655. The van der Waals surface area contributed by atoms with Crippen molar-refractivity contribution in [2.75, 3.05) is 23.6 Å². The van der Waals surface area contributed by atoms with E-state index in [0.717, 1.165) is 12.3 Å². The lowest BCUT2D eigenvalue weighted by Crippen LogP contribution is -2.22. The number of carbonyl (C=O) groups is 2. The molecule has 0 saturated carbocycles. The van der Waals surface area contributed by atoms with E-state index >= 15 is 0 Å². The summed E-state index contributed by atoms with van der Waals surface area (Å²) < 4.78 is 23.1. The minimum absolute atomic E-state index is 0.143. The van der Waals surface area contributed by atoms with Crippen LogP contribution >= 0.6 is 11.8 Å². The molecular formula is C13H17NO5S2. The van der Waals surface area contributed by atoms with Crippen LogP contribution in [0.15, 0.2) is 23.1 Å². The molecule has 2 N–H and O–H groups in total. The Kier molecular flexibility index (Phi) is 5.79. The first-order valence-electron chi connectivity index (χ1n) is 6.03. The zero-order chi connectivity index (χ0) is 16.2. The highest BCUT2D eigenvalue weighted by atomic mass is 32.2. The number of nitrogens with one attached hydrogen (secondary N) is 1. The largest absolute Gasteiger partial charge is 0.478 e. The van der Waals surface area contributed by atoms with Crippen LogP contribution in [0.25, 0.3) is 0 Å². The molecule has 0 heterocycles. The fraction of sp³-hybridized carbons (Fsp3) is 0.385. The lowest BCUT2D eigenvalue weighted by Gasteiger charge is -2.12. The maximum atomic E-state index is 11.9. The highest BCUT2D eigenvalue weighted by molar-refractivity contribution is 7.98. The normalized spacial score (nSPS) is 12.7. The number of carboxylic acid groups (broad SMARTS) is 1. The summed E-state index contributed by atoms with van der Waals surface area (Å²) in [5.74, 6) is -1.20. The van der Waals surface area contributed by atoms with Gasteiger partial charge in [-0.1, -0.05) is 6.92 Å². The summed E-state index contributed by atoms with van der Waals surface area (Å²) in [6.45, 7) is 1.74. The van der Waals surface area contributed by atoms with Crippen LogP contribution in [-0.4, -0.2) is 43.7 Å². The van der Waals surface area contributed by atoms with Gasteiger partial charge in [-0.25, -0.2) is 13.2 Å². The predicted molar refractivity (Wildman–Crippen MR) is 82.7 cm³/mol. The molecule has 6 nitrogen and oxygen atoms in total. The summed E-state index contributed by atoms with van der Waals surface area (Å²) in [5, 5.41) is 11.6. The molecule has 0 bridgehead atoms. The number of carbonyl (C=O) groups excluding carboxylic acids is 1. The van der Waals surface area contributed by atoms with E-state index in [0.29, 0.717) is 5.75 Å². The summed E-state index contributed by atoms with van der Waals surface area (Å²) >= 11 is 1.51. The third kappa shape index (κ3) is 5.05. The van der Waals surface area contributed by atoms with Gasteiger partial charge in [0.25, 0.3) is 0 Å². The van der Waals surface area contributed by atoms with Gasteiger partial charge in [0, 0.05) is 23.6 Å². The van der Waals surface area contributed by atoms with E-state index < -0.39 is 15.8 Å². The maximum Gasteiger partial charge on any atom is 0.335 e. The number of hydrogen-bond donors (Lipinski definition) is 2. The number of rotatable bonds is 6. The first-order chi connectivity index (χ1) is 9.65. The standard InChI is InChI=1S/C13H17NO5S2/c1-8(7-20-2)12(15)14-10-4-9(13(16)17)5-11(6-10)21(3,18)19/h4-6,8H,7H2,1-3H3,(H,14,15)(H,16,17). The van der Waals surface area contributed by atoms with Crippen LogP contribution in [0, 0.1) is 5.92 Å². The number of benzene rings is 1. The molecule has 1 aromatic carbocycles. The molecule has 116 valence electrons. The van der Waals surface area contributed by atoms with Crippen LogP contribution < -0.4 is 5.32 Å². The highest BCUT2D eigenvalue weighted by Gasteiger charge is 2.17. The van der Waals surface area contributed by atoms with Crippen LogP contribution in [0.3, 0.4) is 0 Å². The smallest absolute Gasteiger partial charge is 0.335 e. The minimum atomic E-state index is -3.57. The van der Waals surface area contributed by atoms with Crippen molar-refractivity contribution in [2.24, 2.45) is 5.92 Å². The number of aromatic carboxylic acids is 1. The second kappa shape index (κ2) is 6.95. The second-order valence-corrected chi connectivity index (χ2v) is 7.60. The van der Waals surface area contributed by atoms with Gasteiger partial charge in [-0.3, -0.25) is 4.79 Å². The van der Waals surface area contributed by atoms with Crippen molar-refractivity contribution in [2.45, 2.75) is 11.8 Å². The summed E-state index contributed by atoms with van der Waals surface area (Å²) in [5.41, 5.74) is -0.0287. The molecule has 1 atom stereocenters. The lowest BCUT2D eigenvalue weighted by atomic mass is 10.1. The summed E-state index contributed by atoms with van der Waals surface area (Å²) in [6, 6.07) is 3.56. The third-order valence-electron chi connectivity index (χ3n) is 2.71. The lowest BCUT2D eigenvalue weighted by molar-refractivity contribution is -0.118. The van der Waals surface area contributed by atoms with Gasteiger partial charge in [0.05, 0.1) is 10.5 Å². The molecule has 1 amide bonds. The molecule has 0 aliphatic heterocycles. The van der Waals surface area contributed by atoms with E-state index in [2.05, 4.69) is 5.32 Å². The predicted octanol–water partition coefficient (Wildman–Crippen LogP) is 1.73. The van der Waals surface area contributed by atoms with Gasteiger partial charge >= 0.3 is 5.97 Å². The Balaban J connectivity index is 3.15. The fourth-order valence-corrected chi connectivity index (χ4v) is 2.93. The van der Waals surface area contributed by atoms with Crippen molar-refractivity contribution in [3.8, 4) is 0 Å². The van der Waals surface area contributed by atoms with Crippen molar-refractivity contribution in [3.05, 3.63) is 23.8 Å². The van der Waals surface area contributed by atoms with Crippen molar-refractivity contribution < 1.29 is 23.1 Å². The van der Waals surface area contributed by atoms with E-state index in [-0.39, 0.29) is 28.0 Å². The molecule has 0 aliphatic carbocycles. The molecule has 1 rings (SSSR count). The number of thioether (sulfide) groups is 1. The Morgan fingerprint density at radius 2 is 1.95 bits per heavy atom. The first kappa shape index (κ1) is 17.5. The number of amides is 1. The quantitative estimate of drug-likeness (QED) is 0.823. The number of sulfone groups is 1. The van der Waals surface area contributed by atoms with E-state index in [1.807, 2.05) is 6.26 Å². The first-order valence-corrected chi connectivity index (χ1v) is 9.32. The van der Waals surface area contributed by atoms with Gasteiger partial charge in [-0.05, 0) is 24.5 Å². The molecule has 0 fully saturated rings. The van der Waals surface area contributed by atoms with Crippen LogP contribution in [0.5, 0.6) is 0 Å².